The molecular formula is C14H16ClNO2. The van der Waals surface area contributed by atoms with Gasteiger partial charge in [-0.05, 0) is 43.7 Å². The summed E-state index contributed by atoms with van der Waals surface area (Å²) < 4.78 is 11.4. The third-order valence-corrected chi connectivity index (χ3v) is 2.96. The molecule has 0 fully saturated rings. The Morgan fingerprint density at radius 1 is 1.28 bits per heavy atom. The Bertz CT molecular complexity index is 536. The van der Waals surface area contributed by atoms with Crippen LogP contribution in [0.4, 0.5) is 0 Å². The second-order valence-electron chi connectivity index (χ2n) is 4.22. The lowest BCUT2D eigenvalue weighted by Gasteiger charge is -2.16. The number of hydrogen-bond acceptors (Lipinski definition) is 3. The number of furan rings is 1. The van der Waals surface area contributed by atoms with Gasteiger partial charge in [0, 0.05) is 6.54 Å². The van der Waals surface area contributed by atoms with Crippen molar-refractivity contribution in [3.8, 4) is 5.75 Å². The van der Waals surface area contributed by atoms with Crippen LogP contribution in [-0.2, 0) is 0 Å². The van der Waals surface area contributed by atoms with Crippen LogP contribution in [0.15, 0.2) is 34.7 Å². The van der Waals surface area contributed by atoms with Gasteiger partial charge >= 0.3 is 0 Å². The van der Waals surface area contributed by atoms with Crippen LogP contribution in [-0.4, -0.2) is 6.54 Å². The molecule has 0 aliphatic heterocycles. The van der Waals surface area contributed by atoms with E-state index in [1.807, 2.05) is 44.2 Å². The standard InChI is InChI=1S/C14H16ClNO2/c1-9-3-5-11(15)13(7-9)18-14(8-16)12-6-4-10(2)17-12/h3-7,14H,8,16H2,1-2H3. The summed E-state index contributed by atoms with van der Waals surface area (Å²) in [5, 5.41) is 0.572. The normalized spacial score (nSPS) is 12.4. The van der Waals surface area contributed by atoms with E-state index in [0.717, 1.165) is 11.3 Å². The van der Waals surface area contributed by atoms with Gasteiger partial charge in [-0.15, -0.1) is 0 Å². The van der Waals surface area contributed by atoms with Gasteiger partial charge in [-0.25, -0.2) is 0 Å². The second-order valence-corrected chi connectivity index (χ2v) is 4.63. The fraction of sp³-hybridized carbons (Fsp3) is 0.286. The molecule has 2 N–H and O–H groups in total. The van der Waals surface area contributed by atoms with Crippen LogP contribution in [0.2, 0.25) is 5.02 Å². The van der Waals surface area contributed by atoms with Gasteiger partial charge in [0.2, 0.25) is 0 Å². The van der Waals surface area contributed by atoms with Crippen molar-refractivity contribution < 1.29 is 9.15 Å². The SMILES string of the molecule is Cc1ccc(Cl)c(OC(CN)c2ccc(C)o2)c1. The maximum Gasteiger partial charge on any atom is 0.168 e. The molecular weight excluding hydrogens is 250 g/mol. The third-order valence-electron chi connectivity index (χ3n) is 2.65. The Hall–Kier alpha value is -1.45. The first-order chi connectivity index (χ1) is 8.60. The summed E-state index contributed by atoms with van der Waals surface area (Å²) in [7, 11) is 0. The van der Waals surface area contributed by atoms with Crippen LogP contribution >= 0.6 is 11.6 Å². The minimum Gasteiger partial charge on any atom is -0.480 e. The summed E-state index contributed by atoms with van der Waals surface area (Å²) in [6.45, 7) is 4.20. The molecule has 1 heterocycles. The van der Waals surface area contributed by atoms with E-state index in [-0.39, 0.29) is 6.10 Å². The zero-order valence-corrected chi connectivity index (χ0v) is 11.2. The van der Waals surface area contributed by atoms with Crippen LogP contribution < -0.4 is 10.5 Å². The smallest absolute Gasteiger partial charge is 0.168 e. The lowest BCUT2D eigenvalue weighted by Crippen LogP contribution is -2.18. The molecule has 0 amide bonds. The van der Waals surface area contributed by atoms with E-state index in [1.165, 1.54) is 0 Å². The zero-order chi connectivity index (χ0) is 13.1. The van der Waals surface area contributed by atoms with E-state index in [9.17, 15) is 0 Å². The predicted octanol–water partition coefficient (Wildman–Crippen LogP) is 3.63. The molecule has 2 rings (SSSR count). The molecule has 3 nitrogen and oxygen atoms in total. The summed E-state index contributed by atoms with van der Waals surface area (Å²) in [6, 6.07) is 9.40. The molecule has 1 aromatic carbocycles. The second kappa shape index (κ2) is 5.46. The highest BCUT2D eigenvalue weighted by Gasteiger charge is 2.16. The molecule has 2 aromatic rings. The fourth-order valence-electron chi connectivity index (χ4n) is 1.70. The van der Waals surface area contributed by atoms with Gasteiger partial charge in [-0.3, -0.25) is 0 Å². The average Bonchev–Trinajstić information content (AvgIpc) is 2.77. The van der Waals surface area contributed by atoms with Crippen LogP contribution in [0.3, 0.4) is 0 Å². The summed E-state index contributed by atoms with van der Waals surface area (Å²) >= 11 is 6.09. The monoisotopic (exact) mass is 265 g/mol. The molecule has 1 atom stereocenters. The highest BCUT2D eigenvalue weighted by atomic mass is 35.5. The van der Waals surface area contributed by atoms with E-state index >= 15 is 0 Å². The van der Waals surface area contributed by atoms with Gasteiger partial charge in [0.1, 0.15) is 17.3 Å². The van der Waals surface area contributed by atoms with Crippen molar-refractivity contribution in [1.29, 1.82) is 0 Å². The van der Waals surface area contributed by atoms with Gasteiger partial charge in [0.25, 0.3) is 0 Å². The zero-order valence-electron chi connectivity index (χ0n) is 10.4. The third kappa shape index (κ3) is 2.86. The molecule has 0 spiro atoms. The van der Waals surface area contributed by atoms with Gasteiger partial charge in [-0.1, -0.05) is 17.7 Å². The topological polar surface area (TPSA) is 48.4 Å². The quantitative estimate of drug-likeness (QED) is 0.918. The molecule has 0 saturated carbocycles. The average molecular weight is 266 g/mol. The molecule has 1 unspecified atom stereocenters. The summed E-state index contributed by atoms with van der Waals surface area (Å²) in [5.74, 6) is 2.18. The van der Waals surface area contributed by atoms with Gasteiger partial charge in [0.05, 0.1) is 5.02 Å². The Labute approximate surface area is 111 Å². The van der Waals surface area contributed by atoms with E-state index < -0.39 is 0 Å². The number of ether oxygens (including phenoxy) is 1. The molecule has 0 saturated heterocycles. The van der Waals surface area contributed by atoms with E-state index in [0.29, 0.717) is 23.1 Å². The molecule has 0 aliphatic carbocycles. The highest BCUT2D eigenvalue weighted by Crippen LogP contribution is 2.30. The van der Waals surface area contributed by atoms with Crippen molar-refractivity contribution in [2.75, 3.05) is 6.54 Å². The van der Waals surface area contributed by atoms with E-state index in [2.05, 4.69) is 0 Å². The number of hydrogen-bond donors (Lipinski definition) is 1. The van der Waals surface area contributed by atoms with Crippen molar-refractivity contribution in [1.82, 2.24) is 0 Å². The first-order valence-electron chi connectivity index (χ1n) is 5.79. The summed E-state index contributed by atoms with van der Waals surface area (Å²) in [4.78, 5) is 0. The molecule has 0 radical (unpaired) electrons. The number of rotatable bonds is 4. The van der Waals surface area contributed by atoms with Crippen molar-refractivity contribution >= 4 is 11.6 Å². The Balaban J connectivity index is 2.22. The minimum atomic E-state index is -0.321. The molecule has 0 aliphatic rings. The molecule has 4 heteroatoms. The maximum absolute atomic E-state index is 6.09. The van der Waals surface area contributed by atoms with Crippen LogP contribution in [0.1, 0.15) is 23.2 Å². The van der Waals surface area contributed by atoms with Crippen LogP contribution in [0, 0.1) is 13.8 Å². The molecule has 0 bridgehead atoms. The minimum absolute atomic E-state index is 0.321. The van der Waals surface area contributed by atoms with Crippen molar-refractivity contribution in [2.24, 2.45) is 5.73 Å². The van der Waals surface area contributed by atoms with Crippen LogP contribution in [0.5, 0.6) is 5.75 Å². The summed E-state index contributed by atoms with van der Waals surface area (Å²) in [6.07, 6.45) is -0.321. The van der Waals surface area contributed by atoms with Gasteiger partial charge < -0.3 is 14.9 Å². The first-order valence-corrected chi connectivity index (χ1v) is 6.17. The fourth-order valence-corrected chi connectivity index (χ4v) is 1.87. The number of benzene rings is 1. The Morgan fingerprint density at radius 2 is 2.06 bits per heavy atom. The maximum atomic E-state index is 6.09. The lowest BCUT2D eigenvalue weighted by molar-refractivity contribution is 0.182. The highest BCUT2D eigenvalue weighted by molar-refractivity contribution is 6.32. The first kappa shape index (κ1) is 13.0. The van der Waals surface area contributed by atoms with Gasteiger partial charge in [0.15, 0.2) is 6.10 Å². The van der Waals surface area contributed by atoms with Crippen LogP contribution in [0.25, 0.3) is 0 Å². The molecule has 96 valence electrons. The molecule has 18 heavy (non-hydrogen) atoms. The Morgan fingerprint density at radius 3 is 2.67 bits per heavy atom. The summed E-state index contributed by atoms with van der Waals surface area (Å²) in [5.41, 5.74) is 6.81. The molecule has 1 aromatic heterocycles. The lowest BCUT2D eigenvalue weighted by atomic mass is 10.2. The van der Waals surface area contributed by atoms with E-state index in [4.69, 9.17) is 26.5 Å². The predicted molar refractivity (Wildman–Crippen MR) is 72.1 cm³/mol. The Kier molecular flexibility index (Phi) is 3.94. The largest absolute Gasteiger partial charge is 0.480 e. The van der Waals surface area contributed by atoms with Crippen molar-refractivity contribution in [3.63, 3.8) is 0 Å². The van der Waals surface area contributed by atoms with E-state index in [1.54, 1.807) is 0 Å². The van der Waals surface area contributed by atoms with Crippen molar-refractivity contribution in [2.45, 2.75) is 20.0 Å². The number of halogens is 1. The van der Waals surface area contributed by atoms with Gasteiger partial charge in [-0.2, -0.15) is 0 Å². The van der Waals surface area contributed by atoms with Crippen molar-refractivity contribution in [3.05, 3.63) is 52.4 Å². The number of nitrogens with two attached hydrogens (primary N) is 1. The number of aryl methyl sites for hydroxylation is 2.